The molecule has 0 aromatic heterocycles. The van der Waals surface area contributed by atoms with Crippen molar-refractivity contribution in [2.24, 2.45) is 5.92 Å². The molecule has 1 aliphatic rings. The number of carbonyl (C=O) groups is 1. The van der Waals surface area contributed by atoms with Crippen LogP contribution in [0.5, 0.6) is 0 Å². The van der Waals surface area contributed by atoms with Gasteiger partial charge < -0.3 is 5.32 Å². The van der Waals surface area contributed by atoms with Crippen LogP contribution >= 0.6 is 0 Å². The number of hydrogen-bond acceptors (Lipinski definition) is 4. The minimum atomic E-state index is -3.79. The van der Waals surface area contributed by atoms with Gasteiger partial charge >= 0.3 is 0 Å². The summed E-state index contributed by atoms with van der Waals surface area (Å²) in [5.41, 5.74) is 0.925. The highest BCUT2D eigenvalue weighted by atomic mass is 32.2. The van der Waals surface area contributed by atoms with E-state index in [4.69, 9.17) is 5.26 Å². The summed E-state index contributed by atoms with van der Waals surface area (Å²) in [5, 5.41) is 11.7. The number of rotatable bonds is 4. The van der Waals surface area contributed by atoms with Crippen molar-refractivity contribution >= 4 is 21.6 Å². The van der Waals surface area contributed by atoms with Crippen LogP contribution in [0.1, 0.15) is 18.4 Å². The van der Waals surface area contributed by atoms with Gasteiger partial charge in [0.2, 0.25) is 15.9 Å². The Kier molecular flexibility index (Phi) is 5.54. The number of benzene rings is 2. The van der Waals surface area contributed by atoms with Gasteiger partial charge in [0.05, 0.1) is 22.4 Å². The number of amides is 1. The Hall–Kier alpha value is -2.76. The van der Waals surface area contributed by atoms with E-state index in [0.717, 1.165) is 12.1 Å². The third-order valence-corrected chi connectivity index (χ3v) is 6.34. The van der Waals surface area contributed by atoms with E-state index in [1.807, 2.05) is 6.07 Å². The summed E-state index contributed by atoms with van der Waals surface area (Å²) < 4.78 is 39.8. The Morgan fingerprint density at radius 2 is 1.96 bits per heavy atom. The fourth-order valence-electron chi connectivity index (χ4n) is 3.04. The summed E-state index contributed by atoms with van der Waals surface area (Å²) in [6.45, 7) is 0.372. The number of anilines is 1. The molecule has 0 aliphatic carbocycles. The molecule has 2 aromatic carbocycles. The molecular weight excluding hydrogens is 369 g/mol. The van der Waals surface area contributed by atoms with Gasteiger partial charge in [-0.15, -0.1) is 0 Å². The van der Waals surface area contributed by atoms with Crippen molar-refractivity contribution in [2.75, 3.05) is 18.4 Å². The maximum absolute atomic E-state index is 13.1. The van der Waals surface area contributed by atoms with E-state index >= 15 is 0 Å². The molecule has 2 aromatic rings. The minimum Gasteiger partial charge on any atom is -0.326 e. The van der Waals surface area contributed by atoms with E-state index in [-0.39, 0.29) is 17.3 Å². The summed E-state index contributed by atoms with van der Waals surface area (Å²) in [6, 6.07) is 13.2. The van der Waals surface area contributed by atoms with Gasteiger partial charge in [-0.1, -0.05) is 6.07 Å². The maximum atomic E-state index is 13.1. The number of nitriles is 1. The van der Waals surface area contributed by atoms with Gasteiger partial charge in [0, 0.05) is 18.8 Å². The molecular formula is C19H18FN3O3S. The minimum absolute atomic E-state index is 0.00618. The number of piperidine rings is 1. The summed E-state index contributed by atoms with van der Waals surface area (Å²) in [5.74, 6) is -1.30. The summed E-state index contributed by atoms with van der Waals surface area (Å²) in [4.78, 5) is 12.6. The fourth-order valence-corrected chi connectivity index (χ4v) is 4.57. The van der Waals surface area contributed by atoms with Crippen molar-refractivity contribution in [1.29, 1.82) is 5.26 Å². The standard InChI is InChI=1S/C19H18FN3O3S/c20-16-6-8-18(9-7-16)27(25,26)23-10-2-4-15(13-23)19(24)22-17-5-1-3-14(11-17)12-21/h1,3,5-9,11,15H,2,4,10,13H2,(H,22,24)/t15-/m1/s1. The third-order valence-electron chi connectivity index (χ3n) is 4.47. The van der Waals surface area contributed by atoms with Crippen molar-refractivity contribution in [2.45, 2.75) is 17.7 Å². The normalized spacial score (nSPS) is 17.9. The van der Waals surface area contributed by atoms with E-state index < -0.39 is 21.8 Å². The van der Waals surface area contributed by atoms with E-state index in [9.17, 15) is 17.6 Å². The van der Waals surface area contributed by atoms with Crippen molar-refractivity contribution < 1.29 is 17.6 Å². The first kappa shape index (κ1) is 19.0. The Balaban J connectivity index is 1.72. The van der Waals surface area contributed by atoms with Crippen molar-refractivity contribution in [3.63, 3.8) is 0 Å². The number of hydrogen-bond donors (Lipinski definition) is 1. The second-order valence-electron chi connectivity index (χ2n) is 6.34. The lowest BCUT2D eigenvalue weighted by molar-refractivity contribution is -0.120. The van der Waals surface area contributed by atoms with Crippen LogP contribution in [0.4, 0.5) is 10.1 Å². The van der Waals surface area contributed by atoms with Crippen LogP contribution < -0.4 is 5.32 Å². The van der Waals surface area contributed by atoms with E-state index in [1.54, 1.807) is 24.3 Å². The lowest BCUT2D eigenvalue weighted by Crippen LogP contribution is -2.43. The highest BCUT2D eigenvalue weighted by molar-refractivity contribution is 7.89. The molecule has 1 atom stereocenters. The Morgan fingerprint density at radius 3 is 2.67 bits per heavy atom. The number of carbonyl (C=O) groups excluding carboxylic acids is 1. The second kappa shape index (κ2) is 7.86. The zero-order chi connectivity index (χ0) is 19.4. The fraction of sp³-hybridized carbons (Fsp3) is 0.263. The molecule has 3 rings (SSSR count). The average Bonchev–Trinajstić information content (AvgIpc) is 2.68. The predicted molar refractivity (Wildman–Crippen MR) is 97.7 cm³/mol. The van der Waals surface area contributed by atoms with Crippen LogP contribution in [0.25, 0.3) is 0 Å². The van der Waals surface area contributed by atoms with Gasteiger partial charge in [-0.3, -0.25) is 4.79 Å². The molecule has 1 saturated heterocycles. The molecule has 0 bridgehead atoms. The topological polar surface area (TPSA) is 90.3 Å². The van der Waals surface area contributed by atoms with Gasteiger partial charge in [-0.2, -0.15) is 9.57 Å². The summed E-state index contributed by atoms with van der Waals surface area (Å²) >= 11 is 0. The van der Waals surface area contributed by atoms with Crippen LogP contribution in [-0.4, -0.2) is 31.7 Å². The number of nitrogens with one attached hydrogen (secondary N) is 1. The molecule has 1 heterocycles. The van der Waals surface area contributed by atoms with Crippen LogP contribution in [0.15, 0.2) is 53.4 Å². The zero-order valence-electron chi connectivity index (χ0n) is 14.4. The second-order valence-corrected chi connectivity index (χ2v) is 8.28. The van der Waals surface area contributed by atoms with Crippen LogP contribution in [-0.2, 0) is 14.8 Å². The van der Waals surface area contributed by atoms with Crippen molar-refractivity contribution in [3.8, 4) is 6.07 Å². The first-order chi connectivity index (χ1) is 12.9. The highest BCUT2D eigenvalue weighted by Gasteiger charge is 2.33. The van der Waals surface area contributed by atoms with Crippen LogP contribution in [0.3, 0.4) is 0 Å². The smallest absolute Gasteiger partial charge is 0.243 e. The predicted octanol–water partition coefficient (Wildman–Crippen LogP) is 2.74. The number of halogens is 1. The maximum Gasteiger partial charge on any atom is 0.243 e. The average molecular weight is 387 g/mol. The lowest BCUT2D eigenvalue weighted by atomic mass is 9.98. The molecule has 140 valence electrons. The molecule has 8 heteroatoms. The van der Waals surface area contributed by atoms with Gasteiger partial charge in [0.1, 0.15) is 5.82 Å². The summed E-state index contributed by atoms with van der Waals surface area (Å²) in [7, 11) is -3.79. The summed E-state index contributed by atoms with van der Waals surface area (Å²) in [6.07, 6.45) is 1.12. The molecule has 0 saturated carbocycles. The van der Waals surface area contributed by atoms with Crippen LogP contribution in [0, 0.1) is 23.1 Å². The SMILES string of the molecule is N#Cc1cccc(NC(=O)[C@@H]2CCCN(S(=O)(=O)c3ccc(F)cc3)C2)c1. The highest BCUT2D eigenvalue weighted by Crippen LogP contribution is 2.25. The first-order valence-corrected chi connectivity index (χ1v) is 9.91. The van der Waals surface area contributed by atoms with E-state index in [1.165, 1.54) is 16.4 Å². The van der Waals surface area contributed by atoms with Gasteiger partial charge in [0.25, 0.3) is 0 Å². The number of nitrogens with zero attached hydrogens (tertiary/aromatic N) is 2. The molecule has 1 aliphatic heterocycles. The molecule has 0 radical (unpaired) electrons. The largest absolute Gasteiger partial charge is 0.326 e. The Morgan fingerprint density at radius 1 is 1.22 bits per heavy atom. The van der Waals surface area contributed by atoms with E-state index in [0.29, 0.717) is 30.6 Å². The van der Waals surface area contributed by atoms with Gasteiger partial charge in [-0.05, 0) is 55.3 Å². The van der Waals surface area contributed by atoms with Gasteiger partial charge in [0.15, 0.2) is 0 Å². The molecule has 1 amide bonds. The van der Waals surface area contributed by atoms with Crippen molar-refractivity contribution in [1.82, 2.24) is 4.31 Å². The molecule has 0 unspecified atom stereocenters. The monoisotopic (exact) mass is 387 g/mol. The van der Waals surface area contributed by atoms with Crippen molar-refractivity contribution in [3.05, 3.63) is 59.9 Å². The quantitative estimate of drug-likeness (QED) is 0.873. The molecule has 6 nitrogen and oxygen atoms in total. The molecule has 0 spiro atoms. The Labute approximate surface area is 157 Å². The lowest BCUT2D eigenvalue weighted by Gasteiger charge is -2.31. The third kappa shape index (κ3) is 4.32. The molecule has 1 N–H and O–H groups in total. The first-order valence-electron chi connectivity index (χ1n) is 8.47. The Bertz CT molecular complexity index is 984. The van der Waals surface area contributed by atoms with Gasteiger partial charge in [-0.25, -0.2) is 12.8 Å². The zero-order valence-corrected chi connectivity index (χ0v) is 15.2. The number of sulfonamides is 1. The molecule has 27 heavy (non-hydrogen) atoms. The van der Waals surface area contributed by atoms with E-state index in [2.05, 4.69) is 5.32 Å². The van der Waals surface area contributed by atoms with Crippen LogP contribution in [0.2, 0.25) is 0 Å². The molecule has 1 fully saturated rings.